The number of piperidine rings is 1. The van der Waals surface area contributed by atoms with Crippen molar-refractivity contribution >= 4 is 17.7 Å². The first-order chi connectivity index (χ1) is 16.9. The Morgan fingerprint density at radius 2 is 1.97 bits per heavy atom. The summed E-state index contributed by atoms with van der Waals surface area (Å²) in [5.74, 6) is -4.55. The molecule has 2 unspecified atom stereocenters. The second-order valence-corrected chi connectivity index (χ2v) is 10.3. The van der Waals surface area contributed by atoms with Gasteiger partial charge in [0, 0.05) is 24.4 Å². The van der Waals surface area contributed by atoms with E-state index < -0.39 is 59.4 Å². The molecular weight excluding hydrogens is 474 g/mol. The molecule has 1 aromatic rings. The molecule has 4 aliphatic rings. The number of likely N-dealkylation sites (tertiary alicyclic amines) is 1. The molecule has 0 aromatic heterocycles. The van der Waals surface area contributed by atoms with Gasteiger partial charge in [-0.25, -0.2) is 4.79 Å². The molecule has 2 bridgehead atoms. The van der Waals surface area contributed by atoms with Crippen molar-refractivity contribution in [2.45, 2.75) is 68.0 Å². The number of hydrogen-bond donors (Lipinski definition) is 5. The third kappa shape index (κ3) is 3.23. The van der Waals surface area contributed by atoms with E-state index in [2.05, 4.69) is 4.90 Å². The maximum Gasteiger partial charge on any atom is 0.343 e. The van der Waals surface area contributed by atoms with Crippen LogP contribution in [0.5, 0.6) is 11.5 Å². The number of aliphatic carboxylic acids is 1. The highest BCUT2D eigenvalue weighted by atomic mass is 16.6. The molecule has 194 valence electrons. The smallest absolute Gasteiger partial charge is 0.343 e. The normalized spacial score (nSPS) is 32.4. The number of hydrogen-bond acceptors (Lipinski definition) is 10. The van der Waals surface area contributed by atoms with Crippen molar-refractivity contribution in [2.75, 3.05) is 13.6 Å². The van der Waals surface area contributed by atoms with Crippen LogP contribution in [0.25, 0.3) is 0 Å². The van der Waals surface area contributed by atoms with Crippen LogP contribution in [0, 0.1) is 5.92 Å². The SMILES string of the molecule is C[C@H](CC(=O)[C@H](O)[C@@H](O)C(=O)OC1=CC[C@@]2(O)[C@H]3Cc4ccc(O)c5c4C2(CCN3C)C1O5)C(=O)O. The zero-order valence-electron chi connectivity index (χ0n) is 19.9. The molecule has 5 rings (SSSR count). The van der Waals surface area contributed by atoms with E-state index in [0.29, 0.717) is 24.9 Å². The molecule has 1 spiro atoms. The second-order valence-electron chi connectivity index (χ2n) is 10.3. The minimum Gasteiger partial charge on any atom is -0.504 e. The Morgan fingerprint density at radius 3 is 2.67 bits per heavy atom. The van der Waals surface area contributed by atoms with Gasteiger partial charge in [0.15, 0.2) is 29.5 Å². The van der Waals surface area contributed by atoms with Crippen LogP contribution in [-0.4, -0.2) is 91.7 Å². The topological polar surface area (TPSA) is 174 Å². The largest absolute Gasteiger partial charge is 0.504 e. The highest BCUT2D eigenvalue weighted by Gasteiger charge is 2.72. The Kier molecular flexibility index (Phi) is 5.67. The van der Waals surface area contributed by atoms with Crippen molar-refractivity contribution in [1.82, 2.24) is 4.90 Å². The fourth-order valence-electron chi connectivity index (χ4n) is 6.43. The zero-order chi connectivity index (χ0) is 26.2. The number of aliphatic hydroxyl groups is 3. The van der Waals surface area contributed by atoms with Gasteiger partial charge in [-0.2, -0.15) is 0 Å². The van der Waals surface area contributed by atoms with Crippen LogP contribution in [0.3, 0.4) is 0 Å². The predicted octanol–water partition coefficient (Wildman–Crippen LogP) is -0.385. The van der Waals surface area contributed by atoms with Gasteiger partial charge in [0.05, 0.1) is 16.9 Å². The van der Waals surface area contributed by atoms with Crippen molar-refractivity contribution in [3.8, 4) is 11.5 Å². The van der Waals surface area contributed by atoms with Crippen molar-refractivity contribution < 1.29 is 49.4 Å². The van der Waals surface area contributed by atoms with E-state index in [4.69, 9.17) is 14.6 Å². The summed E-state index contributed by atoms with van der Waals surface area (Å²) in [6, 6.07) is 3.10. The Labute approximate surface area is 206 Å². The highest BCUT2D eigenvalue weighted by molar-refractivity contribution is 5.92. The molecule has 36 heavy (non-hydrogen) atoms. The molecule has 0 saturated carbocycles. The molecule has 1 aromatic carbocycles. The molecule has 2 heterocycles. The molecule has 5 N–H and O–H groups in total. The number of likely N-dealkylation sites (N-methyl/N-ethyl adjacent to an activating group) is 1. The second kappa shape index (κ2) is 8.27. The van der Waals surface area contributed by atoms with E-state index in [9.17, 15) is 34.8 Å². The number of nitrogens with zero attached hydrogens (tertiary/aromatic N) is 1. The van der Waals surface area contributed by atoms with Crippen molar-refractivity contribution in [3.05, 3.63) is 35.1 Å². The standard InChI is InChI=1S/C25H29NO10/c1-11(22(31)32)9-14(28)18(29)19(30)23(33)35-15-5-6-25(34)16-10-12-3-4-13(27)20-17(12)24(25,21(15)36-20)7-8-26(16)2/h3-5,11,16,18-19,21,27,29-30,34H,6-10H2,1-2H3,(H,31,32)/t11-,16-,18+,19-,21?,24?,25-/m1/s1. The number of phenols is 1. The van der Waals surface area contributed by atoms with Crippen LogP contribution >= 0.6 is 0 Å². The number of benzene rings is 1. The molecule has 11 nitrogen and oxygen atoms in total. The number of Topliss-reactive ketones (excluding diaryl/α,β-unsaturated/α-hetero) is 1. The zero-order valence-corrected chi connectivity index (χ0v) is 19.9. The summed E-state index contributed by atoms with van der Waals surface area (Å²) in [4.78, 5) is 38.0. The molecular formula is C25H29NO10. The number of aliphatic hydroxyl groups excluding tert-OH is 2. The Bertz CT molecular complexity index is 1180. The number of phenolic OH excluding ortho intramolecular Hbond substituents is 1. The van der Waals surface area contributed by atoms with Crippen molar-refractivity contribution in [2.24, 2.45) is 5.92 Å². The summed E-state index contributed by atoms with van der Waals surface area (Å²) in [5.41, 5.74) is -0.660. The molecule has 11 heteroatoms. The minimum atomic E-state index is -2.25. The van der Waals surface area contributed by atoms with E-state index in [1.807, 2.05) is 7.05 Å². The average molecular weight is 504 g/mol. The summed E-state index contributed by atoms with van der Waals surface area (Å²) >= 11 is 0. The van der Waals surface area contributed by atoms with Crippen LogP contribution in [0.2, 0.25) is 0 Å². The Hall–Kier alpha value is -2.99. The van der Waals surface area contributed by atoms with E-state index in [0.717, 1.165) is 5.56 Å². The van der Waals surface area contributed by atoms with Gasteiger partial charge in [0.25, 0.3) is 0 Å². The number of carboxylic acids is 1. The number of carbonyl (C=O) groups excluding carboxylic acids is 2. The lowest BCUT2D eigenvalue weighted by atomic mass is 9.50. The minimum absolute atomic E-state index is 0.00836. The van der Waals surface area contributed by atoms with E-state index in [-0.39, 0.29) is 29.7 Å². The first-order valence-corrected chi connectivity index (χ1v) is 11.9. The third-order valence-electron chi connectivity index (χ3n) is 8.37. The van der Waals surface area contributed by atoms with Gasteiger partial charge < -0.3 is 39.9 Å². The van der Waals surface area contributed by atoms with Crippen molar-refractivity contribution in [3.63, 3.8) is 0 Å². The highest BCUT2D eigenvalue weighted by Crippen LogP contribution is 2.65. The Balaban J connectivity index is 1.44. The maximum absolute atomic E-state index is 12.8. The van der Waals surface area contributed by atoms with Gasteiger partial charge in [-0.1, -0.05) is 13.0 Å². The summed E-state index contributed by atoms with van der Waals surface area (Å²) in [6.07, 6.45) is -3.33. The van der Waals surface area contributed by atoms with Crippen LogP contribution in [0.1, 0.15) is 37.3 Å². The quantitative estimate of drug-likeness (QED) is 0.307. The third-order valence-corrected chi connectivity index (χ3v) is 8.37. The molecule has 0 radical (unpaired) electrons. The lowest BCUT2D eigenvalue weighted by Gasteiger charge is -2.61. The lowest BCUT2D eigenvalue weighted by molar-refractivity contribution is -0.175. The van der Waals surface area contributed by atoms with Gasteiger partial charge in [0.2, 0.25) is 0 Å². The molecule has 2 aliphatic carbocycles. The Morgan fingerprint density at radius 1 is 1.25 bits per heavy atom. The number of ether oxygens (including phenoxy) is 2. The molecule has 2 aliphatic heterocycles. The lowest BCUT2D eigenvalue weighted by Crippen LogP contribution is -2.74. The van der Waals surface area contributed by atoms with Crippen LogP contribution < -0.4 is 4.74 Å². The van der Waals surface area contributed by atoms with Crippen LogP contribution in [0.4, 0.5) is 0 Å². The first kappa shape index (κ1) is 24.7. The number of aromatic hydroxyl groups is 1. The number of carboxylic acid groups (broad SMARTS) is 1. The number of carbonyl (C=O) groups is 3. The fourth-order valence-corrected chi connectivity index (χ4v) is 6.43. The maximum atomic E-state index is 12.8. The van der Waals surface area contributed by atoms with E-state index in [1.165, 1.54) is 19.1 Å². The van der Waals surface area contributed by atoms with Gasteiger partial charge in [-0.05, 0) is 44.1 Å². The summed E-state index contributed by atoms with van der Waals surface area (Å²) in [5, 5.41) is 52.0. The summed E-state index contributed by atoms with van der Waals surface area (Å²) < 4.78 is 11.6. The van der Waals surface area contributed by atoms with E-state index >= 15 is 0 Å². The van der Waals surface area contributed by atoms with Gasteiger partial charge in [0.1, 0.15) is 11.9 Å². The summed E-state index contributed by atoms with van der Waals surface area (Å²) in [6.45, 7) is 1.89. The fraction of sp³-hybridized carbons (Fsp3) is 0.560. The molecule has 7 atom stereocenters. The van der Waals surface area contributed by atoms with Gasteiger partial charge in [-0.3, -0.25) is 9.59 Å². The first-order valence-electron chi connectivity index (χ1n) is 11.9. The summed E-state index contributed by atoms with van der Waals surface area (Å²) in [7, 11) is 1.94. The number of esters is 1. The number of rotatable bonds is 7. The van der Waals surface area contributed by atoms with Gasteiger partial charge in [-0.15, -0.1) is 0 Å². The molecule has 0 amide bonds. The molecule has 1 saturated heterocycles. The average Bonchev–Trinajstić information content (AvgIpc) is 3.19. The van der Waals surface area contributed by atoms with E-state index in [1.54, 1.807) is 6.07 Å². The predicted molar refractivity (Wildman–Crippen MR) is 121 cm³/mol. The van der Waals surface area contributed by atoms with Crippen LogP contribution in [0.15, 0.2) is 24.0 Å². The van der Waals surface area contributed by atoms with Crippen LogP contribution in [-0.2, 0) is 31.0 Å². The molecule has 1 fully saturated rings. The monoisotopic (exact) mass is 503 g/mol. The number of ketones is 1. The van der Waals surface area contributed by atoms with Crippen molar-refractivity contribution in [1.29, 1.82) is 0 Å². The van der Waals surface area contributed by atoms with Gasteiger partial charge >= 0.3 is 11.9 Å².